The molecule has 14 nitrogen and oxygen atoms in total. The van der Waals surface area contributed by atoms with Gasteiger partial charge in [-0.2, -0.15) is 9.97 Å². The van der Waals surface area contributed by atoms with Crippen LogP contribution in [0, 0.1) is 0 Å². The number of imidazole rings is 1. The van der Waals surface area contributed by atoms with Crippen LogP contribution in [0.5, 0.6) is 0 Å². The largest absolute Gasteiger partial charge is 0.385 e. The van der Waals surface area contributed by atoms with Gasteiger partial charge in [0.1, 0.15) is 11.7 Å². The Bertz CT molecular complexity index is 1260. The minimum Gasteiger partial charge on any atom is -0.385 e. The maximum absolute atomic E-state index is 12.1. The molecule has 0 aromatic carbocycles. The summed E-state index contributed by atoms with van der Waals surface area (Å²) in [7, 11) is -7.72. The van der Waals surface area contributed by atoms with Gasteiger partial charge in [0.25, 0.3) is 0 Å². The molecule has 2 aromatic rings. The topological polar surface area (TPSA) is 212 Å². The number of aromatic nitrogens is 4. The van der Waals surface area contributed by atoms with Gasteiger partial charge in [0.15, 0.2) is 29.1 Å². The van der Waals surface area contributed by atoms with Crippen molar-refractivity contribution in [2.75, 3.05) is 24.5 Å². The summed E-state index contributed by atoms with van der Waals surface area (Å²) in [5.74, 6) is -0.949. The standard InChI is InChI=1S/C21H34ClN5O9P2/c1-4-7-13(10-36-38(34,35)12-37(31,32)33)16(28)21(2,30)19(29)27-11-23-15-17(24-20(22)25-18(15)27)26(3)14-8-5-6-9-14/h7,11,14,16,19,28-30H,4-6,8-10,12H2,1-3H3,(H,34,35)(H2,31,32,33)/b13-7-/t16-,19-,21?/m1/s1. The second-order valence-electron chi connectivity index (χ2n) is 9.60. The molecule has 17 heteroatoms. The van der Waals surface area contributed by atoms with Crippen LogP contribution in [0.3, 0.4) is 0 Å². The van der Waals surface area contributed by atoms with Crippen LogP contribution < -0.4 is 4.90 Å². The molecule has 0 saturated heterocycles. The second kappa shape index (κ2) is 12.0. The number of nitrogens with zero attached hydrogens (tertiary/aromatic N) is 5. The first-order chi connectivity index (χ1) is 17.6. The van der Waals surface area contributed by atoms with Crippen LogP contribution >= 0.6 is 26.8 Å². The summed E-state index contributed by atoms with van der Waals surface area (Å²) in [4.78, 5) is 42.6. The predicted molar refractivity (Wildman–Crippen MR) is 140 cm³/mol. The first-order valence-electron chi connectivity index (χ1n) is 12.0. The molecule has 2 aromatic heterocycles. The van der Waals surface area contributed by atoms with Crippen LogP contribution in [0.25, 0.3) is 11.2 Å². The molecule has 38 heavy (non-hydrogen) atoms. The van der Waals surface area contributed by atoms with E-state index in [1.807, 2.05) is 11.9 Å². The quantitative estimate of drug-likeness (QED) is 0.118. The Morgan fingerprint density at radius 1 is 1.29 bits per heavy atom. The van der Waals surface area contributed by atoms with Crippen molar-refractivity contribution >= 4 is 43.8 Å². The number of fused-ring (bicyclic) bond motifs is 1. The van der Waals surface area contributed by atoms with E-state index in [1.54, 1.807) is 6.92 Å². The number of anilines is 1. The summed E-state index contributed by atoms with van der Waals surface area (Å²) in [6, 6.07) is 0.235. The Hall–Kier alpha value is -1.44. The highest BCUT2D eigenvalue weighted by Crippen LogP contribution is 2.55. The van der Waals surface area contributed by atoms with Gasteiger partial charge in [-0.15, -0.1) is 0 Å². The smallest absolute Gasteiger partial charge is 0.340 e. The highest BCUT2D eigenvalue weighted by Gasteiger charge is 2.43. The van der Waals surface area contributed by atoms with Crippen molar-refractivity contribution in [1.82, 2.24) is 19.5 Å². The highest BCUT2D eigenvalue weighted by molar-refractivity contribution is 7.70. The fourth-order valence-corrected chi connectivity index (χ4v) is 7.22. The first-order valence-corrected chi connectivity index (χ1v) is 15.9. The average Bonchev–Trinajstić information content (AvgIpc) is 3.48. The summed E-state index contributed by atoms with van der Waals surface area (Å²) in [5, 5.41) is 33.3. The maximum atomic E-state index is 12.1. The number of hydrogen-bond donors (Lipinski definition) is 6. The minimum atomic E-state index is -4.86. The maximum Gasteiger partial charge on any atom is 0.340 e. The summed E-state index contributed by atoms with van der Waals surface area (Å²) >= 11 is 6.19. The Balaban J connectivity index is 1.89. The van der Waals surface area contributed by atoms with E-state index < -0.39 is 45.6 Å². The molecule has 0 amide bonds. The number of allylic oxidation sites excluding steroid dienone is 1. The van der Waals surface area contributed by atoms with Gasteiger partial charge in [0.2, 0.25) is 5.28 Å². The van der Waals surface area contributed by atoms with Gasteiger partial charge < -0.3 is 39.4 Å². The Morgan fingerprint density at radius 2 is 1.92 bits per heavy atom. The van der Waals surface area contributed by atoms with Crippen molar-refractivity contribution in [3.05, 3.63) is 23.3 Å². The van der Waals surface area contributed by atoms with E-state index in [0.717, 1.165) is 37.2 Å². The van der Waals surface area contributed by atoms with Gasteiger partial charge >= 0.3 is 15.2 Å². The fraction of sp³-hybridized carbons (Fsp3) is 0.667. The number of aliphatic hydroxyl groups excluding tert-OH is 2. The van der Waals surface area contributed by atoms with Gasteiger partial charge in [-0.25, -0.2) is 4.98 Å². The van der Waals surface area contributed by atoms with E-state index in [-0.39, 0.29) is 22.5 Å². The van der Waals surface area contributed by atoms with Crippen LogP contribution in [-0.4, -0.2) is 86.8 Å². The summed E-state index contributed by atoms with van der Waals surface area (Å²) in [6.45, 7) is 2.09. The second-order valence-corrected chi connectivity index (χ2v) is 13.9. The molecule has 2 unspecified atom stereocenters. The molecule has 4 atom stereocenters. The summed E-state index contributed by atoms with van der Waals surface area (Å²) < 4.78 is 29.1. The van der Waals surface area contributed by atoms with Gasteiger partial charge in [0, 0.05) is 13.1 Å². The van der Waals surface area contributed by atoms with Crippen molar-refractivity contribution in [2.45, 2.75) is 69.9 Å². The van der Waals surface area contributed by atoms with Crippen molar-refractivity contribution in [3.63, 3.8) is 0 Å². The third-order valence-electron chi connectivity index (χ3n) is 6.54. The molecule has 214 valence electrons. The zero-order valence-electron chi connectivity index (χ0n) is 21.3. The van der Waals surface area contributed by atoms with Crippen molar-refractivity contribution in [3.8, 4) is 0 Å². The predicted octanol–water partition coefficient (Wildman–Crippen LogP) is 2.13. The van der Waals surface area contributed by atoms with E-state index in [2.05, 4.69) is 15.0 Å². The van der Waals surface area contributed by atoms with E-state index in [9.17, 15) is 29.3 Å². The zero-order chi connectivity index (χ0) is 28.5. The van der Waals surface area contributed by atoms with Gasteiger partial charge in [-0.1, -0.05) is 25.8 Å². The highest BCUT2D eigenvalue weighted by atomic mass is 35.5. The average molecular weight is 598 g/mol. The van der Waals surface area contributed by atoms with Crippen LogP contribution in [0.1, 0.15) is 52.2 Å². The fourth-order valence-electron chi connectivity index (χ4n) is 4.52. The van der Waals surface area contributed by atoms with E-state index in [0.29, 0.717) is 17.8 Å². The van der Waals surface area contributed by atoms with Crippen molar-refractivity contribution in [1.29, 1.82) is 0 Å². The molecule has 0 aliphatic heterocycles. The molecule has 3 rings (SSSR count). The zero-order valence-corrected chi connectivity index (χ0v) is 23.8. The van der Waals surface area contributed by atoms with Gasteiger partial charge in [0.05, 0.1) is 12.9 Å². The number of hydrogen-bond acceptors (Lipinski definition) is 10. The monoisotopic (exact) mass is 597 g/mol. The third kappa shape index (κ3) is 7.19. The lowest BCUT2D eigenvalue weighted by atomic mass is 9.90. The van der Waals surface area contributed by atoms with Crippen LogP contribution in [-0.2, 0) is 13.7 Å². The summed E-state index contributed by atoms with van der Waals surface area (Å²) in [5.41, 5.74) is -1.95. The SMILES string of the molecule is CC/C=C(/COP(=O)(O)CP(=O)(O)O)[C@@H](O)C(C)(O)[C@@H](O)n1cnc2c(N(C)C3CCCC3)nc(Cl)nc21. The Kier molecular flexibility index (Phi) is 9.80. The first kappa shape index (κ1) is 31.1. The lowest BCUT2D eigenvalue weighted by Gasteiger charge is -2.35. The number of halogens is 1. The molecule has 1 saturated carbocycles. The van der Waals surface area contributed by atoms with Gasteiger partial charge in [-0.3, -0.25) is 13.7 Å². The van der Waals surface area contributed by atoms with Crippen LogP contribution in [0.4, 0.5) is 5.82 Å². The third-order valence-corrected chi connectivity index (χ3v) is 10.1. The van der Waals surface area contributed by atoms with Crippen LogP contribution in [0.2, 0.25) is 5.28 Å². The Labute approximate surface area is 224 Å². The molecule has 6 N–H and O–H groups in total. The molecule has 0 spiro atoms. The molecule has 1 aliphatic carbocycles. The molecular formula is C21H34ClN5O9P2. The molecular weight excluding hydrogens is 564 g/mol. The Morgan fingerprint density at radius 3 is 2.50 bits per heavy atom. The van der Waals surface area contributed by atoms with Crippen molar-refractivity contribution < 1.29 is 43.7 Å². The number of aliphatic hydroxyl groups is 3. The lowest BCUT2D eigenvalue weighted by molar-refractivity contribution is -0.152. The molecule has 1 fully saturated rings. The minimum absolute atomic E-state index is 0.0877. The molecule has 0 radical (unpaired) electrons. The molecule has 0 bridgehead atoms. The normalized spacial score (nSPS) is 20.3. The van der Waals surface area contributed by atoms with E-state index >= 15 is 0 Å². The van der Waals surface area contributed by atoms with Gasteiger partial charge in [-0.05, 0) is 43.4 Å². The lowest BCUT2D eigenvalue weighted by Crippen LogP contribution is -2.48. The van der Waals surface area contributed by atoms with Crippen molar-refractivity contribution in [2.24, 2.45) is 0 Å². The summed E-state index contributed by atoms with van der Waals surface area (Å²) in [6.07, 6.45) is 3.43. The van der Waals surface area contributed by atoms with E-state index in [4.69, 9.17) is 25.9 Å². The van der Waals surface area contributed by atoms with Crippen LogP contribution in [0.15, 0.2) is 18.0 Å². The molecule has 2 heterocycles. The molecule has 1 aliphatic rings. The number of rotatable bonds is 12. The van der Waals surface area contributed by atoms with E-state index in [1.165, 1.54) is 12.4 Å².